The molecule has 1 aromatic heterocycles. The van der Waals surface area contributed by atoms with Crippen molar-refractivity contribution in [2.75, 3.05) is 5.32 Å². The Balaban J connectivity index is 1.09. The van der Waals surface area contributed by atoms with Crippen LogP contribution in [0.25, 0.3) is 61.2 Å². The van der Waals surface area contributed by atoms with Gasteiger partial charge < -0.3 is 9.73 Å². The maximum atomic E-state index is 6.45. The Kier molecular flexibility index (Phi) is 8.37. The highest BCUT2D eigenvalue weighted by molar-refractivity contribution is 6.01. The van der Waals surface area contributed by atoms with Gasteiger partial charge in [-0.1, -0.05) is 183 Å². The van der Waals surface area contributed by atoms with E-state index >= 15 is 0 Å². The lowest BCUT2D eigenvalue weighted by atomic mass is 9.77. The predicted octanol–water partition coefficient (Wildman–Crippen LogP) is 14.0. The third-order valence-electron chi connectivity index (χ3n) is 11.7. The van der Waals surface area contributed by atoms with E-state index in [4.69, 9.17) is 4.42 Å². The summed E-state index contributed by atoms with van der Waals surface area (Å²) >= 11 is 0. The second-order valence-electron chi connectivity index (χ2n) is 15.0. The average Bonchev–Trinajstić information content (AvgIpc) is 3.61. The average molecular weight is 708 g/mol. The molecule has 0 saturated heterocycles. The zero-order chi connectivity index (χ0) is 36.7. The fourth-order valence-corrected chi connectivity index (χ4v) is 8.68. The molecule has 0 radical (unpaired) electrons. The predicted molar refractivity (Wildman–Crippen MR) is 231 cm³/mol. The van der Waals surface area contributed by atoms with Gasteiger partial charge in [-0.15, -0.1) is 0 Å². The highest BCUT2D eigenvalue weighted by Crippen LogP contribution is 2.44. The zero-order valence-electron chi connectivity index (χ0n) is 30.8. The minimum atomic E-state index is 0.150. The minimum Gasteiger partial charge on any atom is -0.454 e. The van der Waals surface area contributed by atoms with Gasteiger partial charge in [0, 0.05) is 5.39 Å². The van der Waals surface area contributed by atoms with Gasteiger partial charge in [0.15, 0.2) is 5.76 Å². The summed E-state index contributed by atoms with van der Waals surface area (Å²) < 4.78 is 6.45. The van der Waals surface area contributed by atoms with Gasteiger partial charge in [0.05, 0.1) is 11.7 Å². The summed E-state index contributed by atoms with van der Waals surface area (Å²) in [5.74, 6) is 1.32. The van der Waals surface area contributed by atoms with Gasteiger partial charge in [-0.2, -0.15) is 0 Å². The highest BCUT2D eigenvalue weighted by atomic mass is 16.3. The van der Waals surface area contributed by atoms with E-state index in [9.17, 15) is 0 Å². The quantitative estimate of drug-likeness (QED) is 0.170. The number of hydrogen-bond acceptors (Lipinski definition) is 2. The molecular formula is C53H41NO. The molecule has 7 aromatic carbocycles. The van der Waals surface area contributed by atoms with Crippen LogP contribution in [0.4, 0.5) is 5.69 Å². The lowest BCUT2D eigenvalue weighted by Gasteiger charge is -2.27. The Morgan fingerprint density at radius 2 is 1.31 bits per heavy atom. The van der Waals surface area contributed by atoms with Crippen LogP contribution in [0.2, 0.25) is 0 Å². The topological polar surface area (TPSA) is 25.2 Å². The number of benzene rings is 7. The molecule has 3 atom stereocenters. The highest BCUT2D eigenvalue weighted by Gasteiger charge is 2.27. The molecule has 0 bridgehead atoms. The van der Waals surface area contributed by atoms with Gasteiger partial charge in [-0.3, -0.25) is 0 Å². The normalized spacial score (nSPS) is 15.6. The number of hydrogen-bond donors (Lipinski definition) is 1. The molecule has 1 N–H and O–H groups in total. The molecule has 55 heavy (non-hydrogen) atoms. The number of rotatable bonds is 8. The SMILES string of the molecule is CC(c1ccc(-c2cccc3ccccc23)c(-c2ccccc2)c1)C(Cc1ccc(-c2ccccc2)cc1)c1ccc2oc3c(c2c1)NC1C=CC=CC1=C3. The van der Waals surface area contributed by atoms with Crippen molar-refractivity contribution in [3.05, 3.63) is 216 Å². The summed E-state index contributed by atoms with van der Waals surface area (Å²) in [7, 11) is 0. The van der Waals surface area contributed by atoms with E-state index in [-0.39, 0.29) is 17.9 Å². The van der Waals surface area contributed by atoms with Crippen LogP contribution in [0, 0.1) is 0 Å². The summed E-state index contributed by atoms with van der Waals surface area (Å²) in [6, 6.07) is 60.2. The van der Waals surface area contributed by atoms with Crippen molar-refractivity contribution in [1.82, 2.24) is 0 Å². The van der Waals surface area contributed by atoms with Crippen molar-refractivity contribution in [2.45, 2.75) is 31.2 Å². The molecule has 3 unspecified atom stereocenters. The molecule has 2 nitrogen and oxygen atoms in total. The van der Waals surface area contributed by atoms with Crippen LogP contribution in [0.5, 0.6) is 0 Å². The molecule has 2 aliphatic rings. The molecule has 2 heterocycles. The number of furan rings is 1. The van der Waals surface area contributed by atoms with Gasteiger partial charge in [-0.05, 0) is 103 Å². The lowest BCUT2D eigenvalue weighted by Crippen LogP contribution is -2.22. The van der Waals surface area contributed by atoms with Crippen molar-refractivity contribution in [3.63, 3.8) is 0 Å². The Bertz CT molecular complexity index is 2760. The Morgan fingerprint density at radius 3 is 2.15 bits per heavy atom. The van der Waals surface area contributed by atoms with Gasteiger partial charge in [-0.25, -0.2) is 0 Å². The van der Waals surface area contributed by atoms with E-state index in [1.165, 1.54) is 66.4 Å². The molecule has 2 heteroatoms. The molecule has 0 spiro atoms. The van der Waals surface area contributed by atoms with E-state index in [1.54, 1.807) is 0 Å². The van der Waals surface area contributed by atoms with Crippen LogP contribution >= 0.6 is 0 Å². The summed E-state index contributed by atoms with van der Waals surface area (Å²) in [6.45, 7) is 2.41. The van der Waals surface area contributed by atoms with Crippen molar-refractivity contribution < 1.29 is 4.42 Å². The van der Waals surface area contributed by atoms with Crippen molar-refractivity contribution >= 4 is 33.5 Å². The van der Waals surface area contributed by atoms with Crippen molar-refractivity contribution in [1.29, 1.82) is 0 Å². The number of anilines is 1. The van der Waals surface area contributed by atoms with Crippen LogP contribution in [0.1, 0.15) is 41.2 Å². The number of fused-ring (bicyclic) bond motifs is 5. The van der Waals surface area contributed by atoms with Crippen LogP contribution < -0.4 is 5.32 Å². The van der Waals surface area contributed by atoms with E-state index < -0.39 is 0 Å². The van der Waals surface area contributed by atoms with Crippen LogP contribution in [0.15, 0.2) is 198 Å². The summed E-state index contributed by atoms with van der Waals surface area (Å²) in [6.07, 6.45) is 11.7. The number of allylic oxidation sites excluding steroid dienone is 2. The summed E-state index contributed by atoms with van der Waals surface area (Å²) in [4.78, 5) is 0. The Hall–Kier alpha value is -6.64. The third kappa shape index (κ3) is 6.20. The second kappa shape index (κ2) is 14.0. The van der Waals surface area contributed by atoms with E-state index in [0.717, 1.165) is 28.8 Å². The van der Waals surface area contributed by atoms with E-state index in [1.807, 2.05) is 0 Å². The Morgan fingerprint density at radius 1 is 0.582 bits per heavy atom. The second-order valence-corrected chi connectivity index (χ2v) is 15.0. The molecule has 10 rings (SSSR count). The first-order valence-electron chi connectivity index (χ1n) is 19.4. The van der Waals surface area contributed by atoms with Crippen molar-refractivity contribution in [3.8, 4) is 33.4 Å². The van der Waals surface area contributed by atoms with E-state index in [0.29, 0.717) is 0 Å². The number of nitrogens with one attached hydrogen (secondary N) is 1. The smallest absolute Gasteiger partial charge is 0.151 e. The molecule has 0 saturated carbocycles. The molecule has 1 aliphatic carbocycles. The van der Waals surface area contributed by atoms with Crippen LogP contribution in [-0.4, -0.2) is 6.04 Å². The van der Waals surface area contributed by atoms with Gasteiger partial charge >= 0.3 is 0 Å². The monoisotopic (exact) mass is 707 g/mol. The fourth-order valence-electron chi connectivity index (χ4n) is 8.68. The molecular weight excluding hydrogens is 667 g/mol. The molecule has 0 fully saturated rings. The maximum Gasteiger partial charge on any atom is 0.151 e. The first kappa shape index (κ1) is 33.0. The molecule has 0 amide bonds. The van der Waals surface area contributed by atoms with Gasteiger partial charge in [0.25, 0.3) is 0 Å². The Labute approximate surface area is 322 Å². The summed E-state index contributed by atoms with van der Waals surface area (Å²) in [5, 5.41) is 7.44. The third-order valence-corrected chi connectivity index (χ3v) is 11.7. The maximum absolute atomic E-state index is 6.45. The molecule has 264 valence electrons. The van der Waals surface area contributed by atoms with Gasteiger partial charge in [0.1, 0.15) is 5.58 Å². The largest absolute Gasteiger partial charge is 0.454 e. The van der Waals surface area contributed by atoms with Crippen LogP contribution in [-0.2, 0) is 6.42 Å². The summed E-state index contributed by atoms with van der Waals surface area (Å²) in [5.41, 5.74) is 14.6. The lowest BCUT2D eigenvalue weighted by molar-refractivity contribution is 0.572. The zero-order valence-corrected chi connectivity index (χ0v) is 30.8. The molecule has 8 aromatic rings. The van der Waals surface area contributed by atoms with E-state index in [2.05, 4.69) is 206 Å². The van der Waals surface area contributed by atoms with Gasteiger partial charge in [0.2, 0.25) is 0 Å². The molecule has 1 aliphatic heterocycles. The van der Waals surface area contributed by atoms with Crippen molar-refractivity contribution in [2.24, 2.45) is 0 Å². The minimum absolute atomic E-state index is 0.150. The standard InChI is InChI=1S/C53H41NO/c1-35(41-27-29-46(48(32-41)40-15-6-3-7-16-40)45-21-12-19-39-17-8-10-20-44(39)45)47(31-36-23-25-38(26-24-36)37-13-4-2-5-14-37)42-28-30-51-49(33-42)53-52(55-51)34-43-18-9-11-22-50(43)54-53/h2-30,32-35,47,50,54H,31H2,1H3. The first-order valence-corrected chi connectivity index (χ1v) is 19.4. The fraction of sp³-hybridized carbons (Fsp3) is 0.0943. The van der Waals surface area contributed by atoms with Crippen LogP contribution in [0.3, 0.4) is 0 Å². The first-order chi connectivity index (χ1) is 27.2.